The molecule has 0 aliphatic rings. The highest BCUT2D eigenvalue weighted by molar-refractivity contribution is 5.25. The largest absolute Gasteiger partial charge is 0.417 e. The van der Waals surface area contributed by atoms with Crippen molar-refractivity contribution < 1.29 is 13.2 Å². The highest BCUT2D eigenvalue weighted by atomic mass is 19.4. The average Bonchev–Trinajstić information content (AvgIpc) is 2.02. The maximum Gasteiger partial charge on any atom is 0.417 e. The molecule has 1 rings (SSSR count). The van der Waals surface area contributed by atoms with Crippen molar-refractivity contribution in [2.24, 2.45) is 0 Å². The van der Waals surface area contributed by atoms with E-state index in [1.54, 1.807) is 6.92 Å². The van der Waals surface area contributed by atoms with Gasteiger partial charge in [-0.3, -0.25) is 4.98 Å². The summed E-state index contributed by atoms with van der Waals surface area (Å²) in [5.41, 5.74) is 0.632. The third-order valence-electron chi connectivity index (χ3n) is 1.85. The van der Waals surface area contributed by atoms with Crippen molar-refractivity contribution in [2.45, 2.75) is 26.4 Å². The Hall–Kier alpha value is -1.06. The molecule has 1 aromatic heterocycles. The molecule has 4 heteroatoms. The van der Waals surface area contributed by atoms with E-state index < -0.39 is 11.7 Å². The lowest BCUT2D eigenvalue weighted by molar-refractivity contribution is -0.137. The predicted molar refractivity (Wildman–Crippen MR) is 43.4 cm³/mol. The summed E-state index contributed by atoms with van der Waals surface area (Å²) >= 11 is 0. The predicted octanol–water partition coefficient (Wildman–Crippen LogP) is 2.97. The fourth-order valence-electron chi connectivity index (χ4n) is 1.13. The van der Waals surface area contributed by atoms with Gasteiger partial charge in [0.2, 0.25) is 0 Å². The van der Waals surface area contributed by atoms with Gasteiger partial charge in [-0.15, -0.1) is 0 Å². The lowest BCUT2D eigenvalue weighted by Gasteiger charge is -2.08. The molecule has 0 saturated heterocycles. The number of hydrogen-bond donors (Lipinski definition) is 0. The summed E-state index contributed by atoms with van der Waals surface area (Å²) in [6, 6.07) is 1.13. The molecule has 0 aliphatic heterocycles. The Labute approximate surface area is 74.6 Å². The molecule has 0 spiro atoms. The van der Waals surface area contributed by atoms with E-state index in [0.29, 0.717) is 17.7 Å². The number of aromatic nitrogens is 1. The Bertz CT molecular complexity index is 304. The minimum Gasteiger partial charge on any atom is -0.260 e. The number of rotatable bonds is 1. The standard InChI is InChI=1S/C9H10F3N/c1-3-8-6(2)4-7(5-13-8)9(10,11)12/h4-5H,3H2,1-2H3. The molecule has 1 heterocycles. The van der Waals surface area contributed by atoms with Gasteiger partial charge in [0.15, 0.2) is 0 Å². The number of pyridine rings is 1. The molecule has 0 unspecified atom stereocenters. The third kappa shape index (κ3) is 2.20. The van der Waals surface area contributed by atoms with E-state index in [4.69, 9.17) is 0 Å². The van der Waals surface area contributed by atoms with Crippen LogP contribution in [0.15, 0.2) is 12.3 Å². The van der Waals surface area contributed by atoms with Crippen molar-refractivity contribution >= 4 is 0 Å². The van der Waals surface area contributed by atoms with Gasteiger partial charge in [-0.25, -0.2) is 0 Å². The van der Waals surface area contributed by atoms with Crippen molar-refractivity contribution in [1.29, 1.82) is 0 Å². The Morgan fingerprint density at radius 2 is 2.00 bits per heavy atom. The normalized spacial score (nSPS) is 11.8. The van der Waals surface area contributed by atoms with Gasteiger partial charge in [-0.05, 0) is 25.0 Å². The first-order valence-electron chi connectivity index (χ1n) is 3.98. The zero-order valence-corrected chi connectivity index (χ0v) is 7.44. The summed E-state index contributed by atoms with van der Waals surface area (Å²) in [5, 5.41) is 0. The fourth-order valence-corrected chi connectivity index (χ4v) is 1.13. The Morgan fingerprint density at radius 3 is 2.38 bits per heavy atom. The number of nitrogens with zero attached hydrogens (tertiary/aromatic N) is 1. The molecule has 72 valence electrons. The van der Waals surface area contributed by atoms with Crippen LogP contribution in [0.5, 0.6) is 0 Å². The molecule has 1 nitrogen and oxygen atoms in total. The van der Waals surface area contributed by atoms with E-state index in [0.717, 1.165) is 12.3 Å². The van der Waals surface area contributed by atoms with Crippen LogP contribution in [0.4, 0.5) is 13.2 Å². The summed E-state index contributed by atoms with van der Waals surface area (Å²) in [6.07, 6.45) is -2.75. The maximum absolute atomic E-state index is 12.2. The van der Waals surface area contributed by atoms with Gasteiger partial charge in [-0.1, -0.05) is 6.92 Å². The topological polar surface area (TPSA) is 12.9 Å². The van der Waals surface area contributed by atoms with Gasteiger partial charge in [0.25, 0.3) is 0 Å². The van der Waals surface area contributed by atoms with E-state index in [1.165, 1.54) is 0 Å². The molecule has 0 N–H and O–H groups in total. The van der Waals surface area contributed by atoms with Crippen molar-refractivity contribution in [3.63, 3.8) is 0 Å². The summed E-state index contributed by atoms with van der Waals surface area (Å²) in [7, 11) is 0. The smallest absolute Gasteiger partial charge is 0.260 e. The van der Waals surface area contributed by atoms with E-state index in [9.17, 15) is 13.2 Å². The van der Waals surface area contributed by atoms with Crippen LogP contribution < -0.4 is 0 Å². The van der Waals surface area contributed by atoms with E-state index in [1.807, 2.05) is 6.92 Å². The first-order chi connectivity index (χ1) is 5.95. The molecule has 0 amide bonds. The Balaban J connectivity index is 3.10. The molecule has 0 aromatic carbocycles. The molecule has 0 bridgehead atoms. The van der Waals surface area contributed by atoms with Crippen LogP contribution in [-0.2, 0) is 12.6 Å². The van der Waals surface area contributed by atoms with E-state index >= 15 is 0 Å². The highest BCUT2D eigenvalue weighted by Gasteiger charge is 2.31. The van der Waals surface area contributed by atoms with Crippen LogP contribution in [0.25, 0.3) is 0 Å². The average molecular weight is 189 g/mol. The summed E-state index contributed by atoms with van der Waals surface area (Å²) in [4.78, 5) is 3.74. The minimum absolute atomic E-state index is 0.595. The van der Waals surface area contributed by atoms with Gasteiger partial charge in [0, 0.05) is 11.9 Å². The lowest BCUT2D eigenvalue weighted by atomic mass is 10.1. The number of hydrogen-bond acceptors (Lipinski definition) is 1. The van der Waals surface area contributed by atoms with E-state index in [-0.39, 0.29) is 0 Å². The molecule has 0 fully saturated rings. The Morgan fingerprint density at radius 1 is 1.38 bits per heavy atom. The van der Waals surface area contributed by atoms with Crippen molar-refractivity contribution in [1.82, 2.24) is 4.98 Å². The quantitative estimate of drug-likeness (QED) is 0.661. The van der Waals surface area contributed by atoms with Gasteiger partial charge < -0.3 is 0 Å². The van der Waals surface area contributed by atoms with Crippen LogP contribution in [0.3, 0.4) is 0 Å². The first-order valence-corrected chi connectivity index (χ1v) is 3.98. The van der Waals surface area contributed by atoms with Crippen molar-refractivity contribution in [2.75, 3.05) is 0 Å². The molecule has 0 saturated carbocycles. The summed E-state index contributed by atoms with van der Waals surface area (Å²) in [6.45, 7) is 3.50. The maximum atomic E-state index is 12.2. The van der Waals surface area contributed by atoms with Gasteiger partial charge in [-0.2, -0.15) is 13.2 Å². The number of halogens is 3. The highest BCUT2D eigenvalue weighted by Crippen LogP contribution is 2.29. The van der Waals surface area contributed by atoms with Crippen molar-refractivity contribution in [3.8, 4) is 0 Å². The van der Waals surface area contributed by atoms with E-state index in [2.05, 4.69) is 4.98 Å². The second-order valence-corrected chi connectivity index (χ2v) is 2.84. The fraction of sp³-hybridized carbons (Fsp3) is 0.444. The van der Waals surface area contributed by atoms with Crippen LogP contribution in [0.2, 0.25) is 0 Å². The molecule has 0 aliphatic carbocycles. The molecule has 1 aromatic rings. The van der Waals surface area contributed by atoms with Crippen molar-refractivity contribution in [3.05, 3.63) is 29.1 Å². The van der Waals surface area contributed by atoms with Gasteiger partial charge >= 0.3 is 6.18 Å². The molecular formula is C9H10F3N. The molecule has 0 atom stereocenters. The minimum atomic E-state index is -4.29. The van der Waals surface area contributed by atoms with Crippen LogP contribution in [0, 0.1) is 6.92 Å². The monoisotopic (exact) mass is 189 g/mol. The third-order valence-corrected chi connectivity index (χ3v) is 1.85. The second-order valence-electron chi connectivity index (χ2n) is 2.84. The molecular weight excluding hydrogens is 179 g/mol. The SMILES string of the molecule is CCc1ncc(C(F)(F)F)cc1C. The zero-order chi connectivity index (χ0) is 10.1. The number of alkyl halides is 3. The Kier molecular flexibility index (Phi) is 2.59. The van der Waals surface area contributed by atoms with Crippen LogP contribution >= 0.6 is 0 Å². The first kappa shape index (κ1) is 10.0. The van der Waals surface area contributed by atoms with Gasteiger partial charge in [0.1, 0.15) is 0 Å². The lowest BCUT2D eigenvalue weighted by Crippen LogP contribution is -2.07. The summed E-state index contributed by atoms with van der Waals surface area (Å²) in [5.74, 6) is 0. The second kappa shape index (κ2) is 3.36. The van der Waals surface area contributed by atoms with Crippen LogP contribution in [0.1, 0.15) is 23.7 Å². The molecule has 13 heavy (non-hydrogen) atoms. The molecule has 0 radical (unpaired) electrons. The van der Waals surface area contributed by atoms with Crippen LogP contribution in [-0.4, -0.2) is 4.98 Å². The zero-order valence-electron chi connectivity index (χ0n) is 7.44. The number of aryl methyl sites for hydroxylation is 2. The summed E-state index contributed by atoms with van der Waals surface area (Å²) < 4.78 is 36.5. The van der Waals surface area contributed by atoms with Gasteiger partial charge in [0.05, 0.1) is 5.56 Å².